The molecule has 0 spiro atoms. The number of ether oxygens (including phenoxy) is 1. The van der Waals surface area contributed by atoms with E-state index in [0.717, 1.165) is 30.1 Å². The lowest BCUT2D eigenvalue weighted by molar-refractivity contribution is -0.384. The second kappa shape index (κ2) is 10.7. The average molecular weight is 551 g/mol. The van der Waals surface area contributed by atoms with Crippen LogP contribution in [0.4, 0.5) is 11.4 Å². The number of carbonyl (C=O) groups excluding carboxylic acids is 1. The van der Waals surface area contributed by atoms with Gasteiger partial charge in [-0.2, -0.15) is 0 Å². The number of piperazine rings is 1. The number of likely N-dealkylation sites (N-methyl/N-ethyl adjacent to an activating group) is 1. The fraction of sp³-hybridized carbons (Fsp3) is 0.192. The van der Waals surface area contributed by atoms with Crippen LogP contribution in [-0.4, -0.2) is 67.4 Å². The molecule has 1 fully saturated rings. The van der Waals surface area contributed by atoms with E-state index in [2.05, 4.69) is 15.3 Å². The zero-order valence-electron chi connectivity index (χ0n) is 21.0. The van der Waals surface area contributed by atoms with Gasteiger partial charge in [-0.1, -0.05) is 18.2 Å². The van der Waals surface area contributed by atoms with Gasteiger partial charge in [-0.15, -0.1) is 0 Å². The van der Waals surface area contributed by atoms with E-state index in [0.29, 0.717) is 18.8 Å². The summed E-state index contributed by atoms with van der Waals surface area (Å²) in [6, 6.07) is 16.9. The molecule has 202 valence electrons. The van der Waals surface area contributed by atoms with Crippen LogP contribution in [-0.2, 0) is 10.0 Å². The maximum atomic E-state index is 13.1. The Bertz CT molecular complexity index is 1650. The lowest BCUT2D eigenvalue weighted by Crippen LogP contribution is -2.47. The summed E-state index contributed by atoms with van der Waals surface area (Å²) in [4.78, 5) is 29.0. The monoisotopic (exact) mass is 550 g/mol. The molecule has 0 aliphatic carbocycles. The molecule has 0 unspecified atom stereocenters. The predicted octanol–water partition coefficient (Wildman–Crippen LogP) is 3.56. The number of aromatic amines is 1. The van der Waals surface area contributed by atoms with Crippen molar-refractivity contribution in [2.75, 3.05) is 38.7 Å². The second-order valence-electron chi connectivity index (χ2n) is 9.07. The Hall–Kier alpha value is -4.46. The highest BCUT2D eigenvalue weighted by Crippen LogP contribution is 2.32. The quantitative estimate of drug-likeness (QED) is 0.221. The topological polar surface area (TPSA) is 150 Å². The maximum absolute atomic E-state index is 13.1. The Labute approximate surface area is 224 Å². The molecule has 0 saturated carbocycles. The molecule has 1 aliphatic heterocycles. The first-order chi connectivity index (χ1) is 18.7. The van der Waals surface area contributed by atoms with Gasteiger partial charge in [-0.3, -0.25) is 14.9 Å². The number of anilines is 1. The van der Waals surface area contributed by atoms with Crippen LogP contribution in [0.1, 0.15) is 10.4 Å². The van der Waals surface area contributed by atoms with E-state index in [1.165, 1.54) is 18.2 Å². The van der Waals surface area contributed by atoms with Crippen molar-refractivity contribution in [3.63, 3.8) is 0 Å². The first kappa shape index (κ1) is 26.2. The molecule has 12 nitrogen and oxygen atoms in total. The molecular weight excluding hydrogens is 524 g/mol. The Kier molecular flexibility index (Phi) is 7.19. The number of H-pyrrole nitrogens is 1. The summed E-state index contributed by atoms with van der Waals surface area (Å²) in [5.74, 6) is -0.304. The Morgan fingerprint density at radius 2 is 1.74 bits per heavy atom. The summed E-state index contributed by atoms with van der Waals surface area (Å²) < 4.78 is 34.2. The molecule has 1 saturated heterocycles. The number of nitrogens with one attached hydrogen (secondary N) is 3. The smallest absolute Gasteiger partial charge is 0.295 e. The van der Waals surface area contributed by atoms with E-state index in [1.807, 2.05) is 28.9 Å². The van der Waals surface area contributed by atoms with Crippen molar-refractivity contribution < 1.29 is 22.9 Å². The van der Waals surface area contributed by atoms with Gasteiger partial charge in [0.25, 0.3) is 21.6 Å². The predicted molar refractivity (Wildman–Crippen MR) is 145 cm³/mol. The third-order valence-corrected chi connectivity index (χ3v) is 7.72. The minimum atomic E-state index is -4.45. The number of aromatic nitrogens is 1. The number of carbonyl (C=O) groups is 1. The van der Waals surface area contributed by atoms with Crippen molar-refractivity contribution in [1.82, 2.24) is 19.6 Å². The molecule has 2 heterocycles. The van der Waals surface area contributed by atoms with Crippen LogP contribution in [0.25, 0.3) is 10.9 Å². The van der Waals surface area contributed by atoms with Gasteiger partial charge in [0.1, 0.15) is 17.2 Å². The van der Waals surface area contributed by atoms with Crippen molar-refractivity contribution >= 4 is 38.2 Å². The van der Waals surface area contributed by atoms with Crippen molar-refractivity contribution in [2.24, 2.45) is 0 Å². The fourth-order valence-electron chi connectivity index (χ4n) is 4.26. The van der Waals surface area contributed by atoms with Crippen LogP contribution in [0.2, 0.25) is 0 Å². The molecule has 13 heteroatoms. The first-order valence-electron chi connectivity index (χ1n) is 12.1. The van der Waals surface area contributed by atoms with E-state index >= 15 is 0 Å². The van der Waals surface area contributed by atoms with E-state index in [4.69, 9.17) is 4.74 Å². The molecule has 0 radical (unpaired) electrons. The van der Waals surface area contributed by atoms with E-state index in [-0.39, 0.29) is 17.0 Å². The molecule has 3 aromatic carbocycles. The lowest BCUT2D eigenvalue weighted by atomic mass is 10.2. The first-order valence-corrected chi connectivity index (χ1v) is 13.6. The summed E-state index contributed by atoms with van der Waals surface area (Å²) in [5.41, 5.74) is 3.56. The van der Waals surface area contributed by atoms with Crippen molar-refractivity contribution in [3.8, 4) is 11.5 Å². The molecule has 0 bridgehead atoms. The lowest BCUT2D eigenvalue weighted by Gasteiger charge is -2.32. The number of para-hydroxylation sites is 1. The largest absolute Gasteiger partial charge is 0.456 e. The van der Waals surface area contributed by atoms with Gasteiger partial charge in [0, 0.05) is 49.3 Å². The summed E-state index contributed by atoms with van der Waals surface area (Å²) in [7, 11) is -2.46. The molecule has 1 amide bonds. The van der Waals surface area contributed by atoms with Gasteiger partial charge in [0.05, 0.1) is 15.4 Å². The number of hydrogen-bond donors (Lipinski definition) is 3. The van der Waals surface area contributed by atoms with Gasteiger partial charge in [-0.05, 0) is 49.5 Å². The number of fused-ring (bicyclic) bond motifs is 1. The molecule has 0 atom stereocenters. The highest BCUT2D eigenvalue weighted by molar-refractivity contribution is 7.90. The van der Waals surface area contributed by atoms with Gasteiger partial charge in [-0.25, -0.2) is 18.1 Å². The van der Waals surface area contributed by atoms with Crippen LogP contribution in [0, 0.1) is 10.1 Å². The Balaban J connectivity index is 1.37. The summed E-state index contributed by atoms with van der Waals surface area (Å²) in [6.07, 6.45) is 1.76. The van der Waals surface area contributed by atoms with Crippen molar-refractivity contribution in [2.45, 2.75) is 4.90 Å². The number of rotatable bonds is 8. The van der Waals surface area contributed by atoms with Gasteiger partial charge >= 0.3 is 0 Å². The summed E-state index contributed by atoms with van der Waals surface area (Å²) in [6.45, 7) is 2.85. The number of sulfonamides is 1. The zero-order chi connectivity index (χ0) is 27.6. The number of nitro benzene ring substituents is 1. The molecule has 4 aromatic rings. The summed E-state index contributed by atoms with van der Waals surface area (Å²) >= 11 is 0. The zero-order valence-corrected chi connectivity index (χ0v) is 21.8. The molecule has 1 aliphatic rings. The molecule has 39 heavy (non-hydrogen) atoms. The Morgan fingerprint density at radius 3 is 2.51 bits per heavy atom. The highest BCUT2D eigenvalue weighted by atomic mass is 32.2. The SMILES string of the molecule is CN1CCN(Nc2ccc(S(=O)(=O)NC(=O)c3ccccc3Oc3cccc4[nH]ccc34)cc2[N+](=O)[O-])CC1. The molecular formula is C26H26N6O6S. The highest BCUT2D eigenvalue weighted by Gasteiger charge is 2.26. The average Bonchev–Trinajstić information content (AvgIpc) is 3.40. The molecule has 5 rings (SSSR count). The van der Waals surface area contributed by atoms with Gasteiger partial charge in [0.2, 0.25) is 0 Å². The van der Waals surface area contributed by atoms with Crippen LogP contribution in [0.3, 0.4) is 0 Å². The minimum Gasteiger partial charge on any atom is -0.456 e. The van der Waals surface area contributed by atoms with E-state index in [1.54, 1.807) is 36.5 Å². The standard InChI is InChI=1S/C26H26N6O6S/c1-30-13-15-31(16-14-30)28-22-10-9-18(17-23(22)32(34)35)39(36,37)29-26(33)20-5-2-3-7-25(20)38-24-8-4-6-21-19(24)11-12-27-21/h2-12,17,27-28H,13-16H2,1H3,(H,29,33). The van der Waals surface area contributed by atoms with Crippen LogP contribution >= 0.6 is 0 Å². The number of nitrogens with zero attached hydrogens (tertiary/aromatic N) is 3. The fourth-order valence-corrected chi connectivity index (χ4v) is 5.24. The number of hydrazine groups is 1. The van der Waals surface area contributed by atoms with Crippen LogP contribution < -0.4 is 14.9 Å². The van der Waals surface area contributed by atoms with Crippen molar-refractivity contribution in [3.05, 3.63) is 88.6 Å². The second-order valence-corrected chi connectivity index (χ2v) is 10.7. The third kappa shape index (κ3) is 5.70. The van der Waals surface area contributed by atoms with Gasteiger partial charge < -0.3 is 20.0 Å². The van der Waals surface area contributed by atoms with E-state index in [9.17, 15) is 23.3 Å². The summed E-state index contributed by atoms with van der Waals surface area (Å²) in [5, 5.41) is 14.4. The number of benzene rings is 3. The van der Waals surface area contributed by atoms with Crippen molar-refractivity contribution in [1.29, 1.82) is 0 Å². The number of nitro groups is 1. The maximum Gasteiger partial charge on any atom is 0.295 e. The van der Waals surface area contributed by atoms with Crippen LogP contribution in [0.15, 0.2) is 77.8 Å². The molecule has 3 N–H and O–H groups in total. The normalized spacial score (nSPS) is 14.7. The van der Waals surface area contributed by atoms with Crippen LogP contribution in [0.5, 0.6) is 11.5 Å². The van der Waals surface area contributed by atoms with E-state index < -0.39 is 31.4 Å². The van der Waals surface area contributed by atoms with Gasteiger partial charge in [0.15, 0.2) is 0 Å². The minimum absolute atomic E-state index is 0.0172. The third-order valence-electron chi connectivity index (χ3n) is 6.39. The Morgan fingerprint density at radius 1 is 1.00 bits per heavy atom. The number of amides is 1. The molecule has 1 aromatic heterocycles. The number of hydrogen-bond acceptors (Lipinski definition) is 9.